The fourth-order valence-electron chi connectivity index (χ4n) is 3.83. The van der Waals surface area contributed by atoms with E-state index in [-0.39, 0.29) is 17.9 Å². The predicted molar refractivity (Wildman–Crippen MR) is 123 cm³/mol. The minimum atomic E-state index is -0.0321. The molecular formula is C24H28N6O2. The van der Waals surface area contributed by atoms with Gasteiger partial charge in [-0.15, -0.1) is 0 Å². The molecular weight excluding hydrogens is 404 g/mol. The van der Waals surface area contributed by atoms with Gasteiger partial charge in [-0.05, 0) is 42.8 Å². The average molecular weight is 433 g/mol. The van der Waals surface area contributed by atoms with Gasteiger partial charge >= 0.3 is 0 Å². The molecule has 3 heterocycles. The van der Waals surface area contributed by atoms with Crippen LogP contribution in [-0.2, 0) is 16.0 Å². The van der Waals surface area contributed by atoms with Gasteiger partial charge in [0, 0.05) is 69.1 Å². The largest absolute Gasteiger partial charge is 0.351 e. The highest BCUT2D eigenvalue weighted by Gasteiger charge is 2.22. The standard InChI is InChI=1S/C24H28N6O2/c1-19(28-11-2-3-12-28)17-22(31)27-21-7-5-20(6-8-21)18-23(32)29-13-15-30(16-14-29)24-25-9-4-10-26-24/h2-12,19H,13-18H2,1H3,(H,27,31). The first-order valence-electron chi connectivity index (χ1n) is 10.9. The molecule has 0 aliphatic carbocycles. The van der Waals surface area contributed by atoms with E-state index >= 15 is 0 Å². The summed E-state index contributed by atoms with van der Waals surface area (Å²) in [5, 5.41) is 2.93. The zero-order valence-corrected chi connectivity index (χ0v) is 18.2. The third-order valence-electron chi connectivity index (χ3n) is 5.68. The van der Waals surface area contributed by atoms with Crippen molar-refractivity contribution in [1.82, 2.24) is 19.4 Å². The van der Waals surface area contributed by atoms with Crippen molar-refractivity contribution < 1.29 is 9.59 Å². The van der Waals surface area contributed by atoms with E-state index in [0.717, 1.165) is 24.3 Å². The van der Waals surface area contributed by atoms with Gasteiger partial charge in [0.1, 0.15) is 0 Å². The fraction of sp³-hybridized carbons (Fsp3) is 0.333. The number of amides is 2. The molecule has 8 nitrogen and oxygen atoms in total. The Bertz CT molecular complexity index is 1010. The summed E-state index contributed by atoms with van der Waals surface area (Å²) in [6, 6.07) is 13.3. The Hall–Kier alpha value is -3.68. The monoisotopic (exact) mass is 432 g/mol. The molecule has 166 valence electrons. The molecule has 1 aromatic carbocycles. The third kappa shape index (κ3) is 5.51. The molecule has 1 aliphatic rings. The molecule has 1 N–H and O–H groups in total. The van der Waals surface area contributed by atoms with Gasteiger partial charge in [0.05, 0.1) is 6.42 Å². The normalized spacial score (nSPS) is 14.8. The lowest BCUT2D eigenvalue weighted by atomic mass is 10.1. The Morgan fingerprint density at radius 3 is 2.28 bits per heavy atom. The number of carbonyl (C=O) groups excluding carboxylic acids is 2. The Morgan fingerprint density at radius 1 is 0.969 bits per heavy atom. The van der Waals surface area contributed by atoms with Crippen LogP contribution >= 0.6 is 0 Å². The van der Waals surface area contributed by atoms with Crippen LogP contribution in [0.4, 0.5) is 11.6 Å². The number of nitrogens with zero attached hydrogens (tertiary/aromatic N) is 5. The SMILES string of the molecule is CC(CC(=O)Nc1ccc(CC(=O)N2CCN(c3ncccn3)CC2)cc1)n1cccc1. The van der Waals surface area contributed by atoms with E-state index in [2.05, 4.69) is 20.2 Å². The van der Waals surface area contributed by atoms with E-state index in [1.54, 1.807) is 18.5 Å². The van der Waals surface area contributed by atoms with Crippen LogP contribution in [0, 0.1) is 0 Å². The summed E-state index contributed by atoms with van der Waals surface area (Å²) in [6.45, 7) is 4.78. The number of anilines is 2. The molecule has 4 rings (SSSR count). The van der Waals surface area contributed by atoms with Gasteiger partial charge in [-0.1, -0.05) is 12.1 Å². The van der Waals surface area contributed by atoms with Crippen LogP contribution in [0.1, 0.15) is 24.9 Å². The maximum Gasteiger partial charge on any atom is 0.227 e. The minimum Gasteiger partial charge on any atom is -0.351 e. The maximum absolute atomic E-state index is 12.7. The highest BCUT2D eigenvalue weighted by molar-refractivity contribution is 5.91. The summed E-state index contributed by atoms with van der Waals surface area (Å²) in [5.41, 5.74) is 1.67. The first-order valence-corrected chi connectivity index (χ1v) is 10.9. The van der Waals surface area contributed by atoms with Crippen LogP contribution in [0.5, 0.6) is 0 Å². The Balaban J connectivity index is 1.24. The van der Waals surface area contributed by atoms with Gasteiger partial charge in [-0.3, -0.25) is 9.59 Å². The lowest BCUT2D eigenvalue weighted by Gasteiger charge is -2.34. The lowest BCUT2D eigenvalue weighted by Crippen LogP contribution is -2.49. The van der Waals surface area contributed by atoms with Crippen molar-refractivity contribution in [3.8, 4) is 0 Å². The van der Waals surface area contributed by atoms with Crippen molar-refractivity contribution in [2.75, 3.05) is 36.4 Å². The molecule has 2 aromatic heterocycles. The molecule has 1 aliphatic heterocycles. The molecule has 8 heteroatoms. The van der Waals surface area contributed by atoms with E-state index in [1.165, 1.54) is 0 Å². The fourth-order valence-corrected chi connectivity index (χ4v) is 3.83. The van der Waals surface area contributed by atoms with Crippen LogP contribution in [0.25, 0.3) is 0 Å². The van der Waals surface area contributed by atoms with Crippen molar-refractivity contribution in [3.63, 3.8) is 0 Å². The highest BCUT2D eigenvalue weighted by Crippen LogP contribution is 2.16. The molecule has 1 atom stereocenters. The first-order chi connectivity index (χ1) is 15.6. The van der Waals surface area contributed by atoms with Crippen LogP contribution in [0.2, 0.25) is 0 Å². The van der Waals surface area contributed by atoms with Crippen LogP contribution in [0.15, 0.2) is 67.3 Å². The summed E-state index contributed by atoms with van der Waals surface area (Å²) in [5.74, 6) is 0.784. The molecule has 32 heavy (non-hydrogen) atoms. The summed E-state index contributed by atoms with van der Waals surface area (Å²) >= 11 is 0. The van der Waals surface area contributed by atoms with Gasteiger partial charge < -0.3 is 19.7 Å². The number of nitrogens with one attached hydrogen (secondary N) is 1. The summed E-state index contributed by atoms with van der Waals surface area (Å²) in [7, 11) is 0. The molecule has 2 amide bonds. The smallest absolute Gasteiger partial charge is 0.227 e. The maximum atomic E-state index is 12.7. The van der Waals surface area contributed by atoms with E-state index < -0.39 is 0 Å². The molecule has 0 spiro atoms. The number of piperazine rings is 1. The zero-order chi connectivity index (χ0) is 22.3. The summed E-state index contributed by atoms with van der Waals surface area (Å²) < 4.78 is 2.01. The quantitative estimate of drug-likeness (QED) is 0.621. The average Bonchev–Trinajstić information content (AvgIpc) is 3.36. The van der Waals surface area contributed by atoms with E-state index in [9.17, 15) is 9.59 Å². The number of hydrogen-bond donors (Lipinski definition) is 1. The minimum absolute atomic E-state index is 0.0321. The van der Waals surface area contributed by atoms with Gasteiger partial charge in [-0.2, -0.15) is 0 Å². The second kappa shape index (κ2) is 10.1. The molecule has 0 bridgehead atoms. The number of hydrogen-bond acceptors (Lipinski definition) is 5. The van der Waals surface area contributed by atoms with Gasteiger partial charge in [0.2, 0.25) is 17.8 Å². The Morgan fingerprint density at radius 2 is 1.62 bits per heavy atom. The molecule has 1 unspecified atom stereocenters. The molecule has 0 radical (unpaired) electrons. The van der Waals surface area contributed by atoms with Gasteiger partial charge in [0.15, 0.2) is 0 Å². The predicted octanol–water partition coefficient (Wildman–Crippen LogP) is 2.76. The molecule has 0 saturated carbocycles. The Labute approximate surface area is 187 Å². The number of benzene rings is 1. The first kappa shape index (κ1) is 21.5. The van der Waals surface area contributed by atoms with Crippen molar-refractivity contribution >= 4 is 23.5 Å². The molecule has 3 aromatic rings. The van der Waals surface area contributed by atoms with Crippen LogP contribution in [-0.4, -0.2) is 57.4 Å². The number of carbonyl (C=O) groups is 2. The Kier molecular flexibility index (Phi) is 6.79. The summed E-state index contributed by atoms with van der Waals surface area (Å²) in [6.07, 6.45) is 8.12. The second-order valence-corrected chi connectivity index (χ2v) is 8.02. The van der Waals surface area contributed by atoms with E-state index in [0.29, 0.717) is 31.9 Å². The molecule has 1 saturated heterocycles. The van der Waals surface area contributed by atoms with Crippen molar-refractivity contribution in [2.24, 2.45) is 0 Å². The van der Waals surface area contributed by atoms with Crippen LogP contribution < -0.4 is 10.2 Å². The van der Waals surface area contributed by atoms with Gasteiger partial charge in [0.25, 0.3) is 0 Å². The number of aromatic nitrogens is 3. The second-order valence-electron chi connectivity index (χ2n) is 8.02. The van der Waals surface area contributed by atoms with E-state index in [4.69, 9.17) is 0 Å². The highest BCUT2D eigenvalue weighted by atomic mass is 16.2. The van der Waals surface area contributed by atoms with Crippen molar-refractivity contribution in [3.05, 3.63) is 72.8 Å². The van der Waals surface area contributed by atoms with Gasteiger partial charge in [-0.25, -0.2) is 9.97 Å². The van der Waals surface area contributed by atoms with Crippen molar-refractivity contribution in [1.29, 1.82) is 0 Å². The van der Waals surface area contributed by atoms with E-state index in [1.807, 2.05) is 65.2 Å². The van der Waals surface area contributed by atoms with Crippen LogP contribution in [0.3, 0.4) is 0 Å². The summed E-state index contributed by atoms with van der Waals surface area (Å²) in [4.78, 5) is 37.6. The molecule has 1 fully saturated rings. The third-order valence-corrected chi connectivity index (χ3v) is 5.68. The van der Waals surface area contributed by atoms with Crippen molar-refractivity contribution in [2.45, 2.75) is 25.8 Å². The zero-order valence-electron chi connectivity index (χ0n) is 18.2. The number of rotatable bonds is 7. The lowest BCUT2D eigenvalue weighted by molar-refractivity contribution is -0.130. The topological polar surface area (TPSA) is 83.4 Å².